The predicted molar refractivity (Wildman–Crippen MR) is 94.5 cm³/mol. The summed E-state index contributed by atoms with van der Waals surface area (Å²) in [4.78, 5) is 4.71. The lowest BCUT2D eigenvalue weighted by Crippen LogP contribution is -2.47. The second-order valence-corrected chi connectivity index (χ2v) is 6.21. The number of nitrogens with zero attached hydrogens (tertiary/aromatic N) is 4. The van der Waals surface area contributed by atoms with Crippen LogP contribution in [-0.2, 0) is 13.0 Å². The summed E-state index contributed by atoms with van der Waals surface area (Å²) in [6.45, 7) is 10.4. The lowest BCUT2D eigenvalue weighted by atomic mass is 9.86. The van der Waals surface area contributed by atoms with Crippen LogP contribution >= 0.6 is 0 Å². The molecule has 0 amide bonds. The molecule has 0 aromatic carbocycles. The lowest BCUT2D eigenvalue weighted by Gasteiger charge is -2.30. The molecule has 0 spiro atoms. The van der Waals surface area contributed by atoms with Crippen LogP contribution in [0, 0.1) is 5.92 Å². The van der Waals surface area contributed by atoms with Crippen molar-refractivity contribution in [2.45, 2.75) is 58.5 Å². The van der Waals surface area contributed by atoms with Crippen molar-refractivity contribution in [1.82, 2.24) is 25.4 Å². The summed E-state index contributed by atoms with van der Waals surface area (Å²) < 4.78 is 2.07. The van der Waals surface area contributed by atoms with Crippen molar-refractivity contribution in [3.8, 4) is 0 Å². The standard InChI is InChI=1S/C17H30N6/c1-4-10-18-17(21-15-9-7-6-8-14(15)3)19-11-12-23-13-20-22-16(23)5-2/h4,13-15H,1,5-12H2,2-3H3,(H2,18,19,21). The molecular weight excluding hydrogens is 288 g/mol. The minimum Gasteiger partial charge on any atom is -0.353 e. The largest absolute Gasteiger partial charge is 0.353 e. The van der Waals surface area contributed by atoms with Crippen LogP contribution in [0.2, 0.25) is 0 Å². The minimum absolute atomic E-state index is 0.515. The molecule has 6 nitrogen and oxygen atoms in total. The van der Waals surface area contributed by atoms with E-state index in [-0.39, 0.29) is 0 Å². The van der Waals surface area contributed by atoms with Crippen LogP contribution in [0.4, 0.5) is 0 Å². The minimum atomic E-state index is 0.515. The quantitative estimate of drug-likeness (QED) is 0.459. The Morgan fingerprint density at radius 3 is 3.04 bits per heavy atom. The van der Waals surface area contributed by atoms with Crippen molar-refractivity contribution < 1.29 is 0 Å². The molecule has 2 N–H and O–H groups in total. The summed E-state index contributed by atoms with van der Waals surface area (Å²) in [6, 6.07) is 0.515. The van der Waals surface area contributed by atoms with E-state index in [2.05, 4.69) is 45.8 Å². The van der Waals surface area contributed by atoms with Crippen LogP contribution in [0.5, 0.6) is 0 Å². The molecule has 1 aliphatic rings. The van der Waals surface area contributed by atoms with Gasteiger partial charge in [-0.2, -0.15) is 0 Å². The van der Waals surface area contributed by atoms with Crippen LogP contribution in [0.1, 0.15) is 45.4 Å². The van der Waals surface area contributed by atoms with E-state index in [1.165, 1.54) is 25.7 Å². The van der Waals surface area contributed by atoms with Crippen LogP contribution in [0.15, 0.2) is 24.0 Å². The van der Waals surface area contributed by atoms with Gasteiger partial charge in [-0.25, -0.2) is 0 Å². The third-order valence-corrected chi connectivity index (χ3v) is 4.47. The second kappa shape index (κ2) is 9.33. The number of hydrogen-bond acceptors (Lipinski definition) is 3. The smallest absolute Gasteiger partial charge is 0.191 e. The van der Waals surface area contributed by atoms with E-state index in [9.17, 15) is 0 Å². The van der Waals surface area contributed by atoms with E-state index in [1.54, 1.807) is 6.33 Å². The summed E-state index contributed by atoms with van der Waals surface area (Å²) in [7, 11) is 0. The van der Waals surface area contributed by atoms with E-state index in [0.29, 0.717) is 18.5 Å². The molecule has 128 valence electrons. The summed E-state index contributed by atoms with van der Waals surface area (Å²) in [5, 5.41) is 15.0. The Morgan fingerprint density at radius 2 is 2.30 bits per heavy atom. The summed E-state index contributed by atoms with van der Waals surface area (Å²) >= 11 is 0. The van der Waals surface area contributed by atoms with Gasteiger partial charge in [0.1, 0.15) is 12.2 Å². The van der Waals surface area contributed by atoms with Gasteiger partial charge in [-0.1, -0.05) is 32.8 Å². The molecule has 2 rings (SSSR count). The highest BCUT2D eigenvalue weighted by Crippen LogP contribution is 2.23. The van der Waals surface area contributed by atoms with Gasteiger partial charge in [0.15, 0.2) is 5.96 Å². The highest BCUT2D eigenvalue weighted by Gasteiger charge is 2.21. The molecule has 1 aromatic heterocycles. The Morgan fingerprint density at radius 1 is 1.48 bits per heavy atom. The van der Waals surface area contributed by atoms with Crippen molar-refractivity contribution in [3.63, 3.8) is 0 Å². The molecule has 2 atom stereocenters. The molecular formula is C17H30N6. The van der Waals surface area contributed by atoms with Crippen LogP contribution in [0.3, 0.4) is 0 Å². The number of aliphatic imine (C=N–C) groups is 1. The number of aromatic nitrogens is 3. The molecule has 1 aliphatic carbocycles. The summed E-state index contributed by atoms with van der Waals surface area (Å²) in [6.07, 6.45) is 9.70. The van der Waals surface area contributed by atoms with Gasteiger partial charge in [0.25, 0.3) is 0 Å². The monoisotopic (exact) mass is 318 g/mol. The molecule has 0 bridgehead atoms. The Balaban J connectivity index is 1.92. The highest BCUT2D eigenvalue weighted by molar-refractivity contribution is 5.80. The predicted octanol–water partition coefficient (Wildman–Crippen LogP) is 2.14. The van der Waals surface area contributed by atoms with Crippen molar-refractivity contribution in [3.05, 3.63) is 24.8 Å². The molecule has 0 saturated heterocycles. The van der Waals surface area contributed by atoms with E-state index >= 15 is 0 Å². The lowest BCUT2D eigenvalue weighted by molar-refractivity contribution is 0.307. The Hall–Kier alpha value is -1.85. The average molecular weight is 318 g/mol. The second-order valence-electron chi connectivity index (χ2n) is 6.21. The van der Waals surface area contributed by atoms with Gasteiger partial charge >= 0.3 is 0 Å². The van der Waals surface area contributed by atoms with E-state index in [1.807, 2.05) is 6.08 Å². The number of rotatable bonds is 7. The fourth-order valence-corrected chi connectivity index (χ4v) is 3.04. The van der Waals surface area contributed by atoms with E-state index in [4.69, 9.17) is 4.99 Å². The van der Waals surface area contributed by atoms with Gasteiger partial charge in [-0.05, 0) is 18.8 Å². The van der Waals surface area contributed by atoms with E-state index < -0.39 is 0 Å². The van der Waals surface area contributed by atoms with Gasteiger partial charge < -0.3 is 15.2 Å². The van der Waals surface area contributed by atoms with Crippen LogP contribution in [-0.4, -0.2) is 39.9 Å². The maximum Gasteiger partial charge on any atom is 0.191 e. The average Bonchev–Trinajstić information content (AvgIpc) is 3.02. The molecule has 1 fully saturated rings. The normalized spacial score (nSPS) is 21.9. The van der Waals surface area contributed by atoms with Gasteiger partial charge in [-0.3, -0.25) is 4.99 Å². The van der Waals surface area contributed by atoms with Crippen molar-refractivity contribution in [2.75, 3.05) is 13.1 Å². The SMILES string of the molecule is C=CCNC(=NCCn1cnnc1CC)NC1CCCCC1C. The summed E-state index contributed by atoms with van der Waals surface area (Å²) in [5.74, 6) is 2.59. The first kappa shape index (κ1) is 17.5. The highest BCUT2D eigenvalue weighted by atomic mass is 15.3. The van der Waals surface area contributed by atoms with Gasteiger partial charge in [0.2, 0.25) is 0 Å². The third kappa shape index (κ3) is 5.37. The molecule has 2 unspecified atom stereocenters. The fraction of sp³-hybridized carbons (Fsp3) is 0.706. The molecule has 0 radical (unpaired) electrons. The topological polar surface area (TPSA) is 67.1 Å². The number of guanidine groups is 1. The zero-order valence-electron chi connectivity index (χ0n) is 14.5. The number of nitrogens with one attached hydrogen (secondary N) is 2. The Kier molecular flexibility index (Phi) is 7.10. The van der Waals surface area contributed by atoms with Gasteiger partial charge in [0.05, 0.1) is 6.54 Å². The molecule has 1 aromatic rings. The Bertz CT molecular complexity index is 507. The number of hydrogen-bond donors (Lipinski definition) is 2. The van der Waals surface area contributed by atoms with Crippen LogP contribution < -0.4 is 10.6 Å². The first-order chi connectivity index (χ1) is 11.2. The zero-order chi connectivity index (χ0) is 16.5. The molecule has 1 saturated carbocycles. The molecule has 23 heavy (non-hydrogen) atoms. The molecule has 1 heterocycles. The molecule has 6 heteroatoms. The maximum atomic E-state index is 4.71. The number of aryl methyl sites for hydroxylation is 1. The third-order valence-electron chi connectivity index (χ3n) is 4.47. The molecule has 0 aliphatic heterocycles. The zero-order valence-corrected chi connectivity index (χ0v) is 14.5. The summed E-state index contributed by atoms with van der Waals surface area (Å²) in [5.41, 5.74) is 0. The maximum absolute atomic E-state index is 4.71. The first-order valence-electron chi connectivity index (χ1n) is 8.77. The van der Waals surface area contributed by atoms with Crippen molar-refractivity contribution in [1.29, 1.82) is 0 Å². The van der Waals surface area contributed by atoms with Crippen molar-refractivity contribution >= 4 is 5.96 Å². The van der Waals surface area contributed by atoms with Crippen LogP contribution in [0.25, 0.3) is 0 Å². The fourth-order valence-electron chi connectivity index (χ4n) is 3.04. The van der Waals surface area contributed by atoms with E-state index in [0.717, 1.165) is 31.3 Å². The van der Waals surface area contributed by atoms with Gasteiger partial charge in [0, 0.05) is 25.6 Å². The Labute approximate surface area is 139 Å². The van der Waals surface area contributed by atoms with Gasteiger partial charge in [-0.15, -0.1) is 16.8 Å². The first-order valence-corrected chi connectivity index (χ1v) is 8.77. The van der Waals surface area contributed by atoms with Crippen molar-refractivity contribution in [2.24, 2.45) is 10.9 Å².